The Morgan fingerprint density at radius 3 is 2.81 bits per heavy atom. The van der Waals surface area contributed by atoms with Gasteiger partial charge in [0.1, 0.15) is 11.6 Å². The molecule has 0 aliphatic rings. The number of carbonyl (C=O) groups is 1. The van der Waals surface area contributed by atoms with Gasteiger partial charge in [0.05, 0.1) is 19.2 Å². The molecular formula is C20H22N4O2. The molecule has 0 saturated carbocycles. The number of amides is 1. The highest BCUT2D eigenvalue weighted by Crippen LogP contribution is 2.24. The van der Waals surface area contributed by atoms with Gasteiger partial charge in [0.2, 0.25) is 5.91 Å². The molecule has 1 amide bonds. The summed E-state index contributed by atoms with van der Waals surface area (Å²) < 4.78 is 7.37. The highest BCUT2D eigenvalue weighted by Gasteiger charge is 2.11. The van der Waals surface area contributed by atoms with E-state index in [-0.39, 0.29) is 5.91 Å². The summed E-state index contributed by atoms with van der Waals surface area (Å²) in [5, 5.41) is 1.12. The second-order valence-electron chi connectivity index (χ2n) is 6.16. The van der Waals surface area contributed by atoms with Gasteiger partial charge in [-0.05, 0) is 42.0 Å². The first kappa shape index (κ1) is 17.5. The van der Waals surface area contributed by atoms with Crippen molar-refractivity contribution >= 4 is 28.7 Å². The number of aromatic nitrogens is 2. The number of anilines is 1. The molecule has 0 atom stereocenters. The fourth-order valence-electron chi connectivity index (χ4n) is 2.78. The molecule has 0 aliphatic carbocycles. The fourth-order valence-corrected chi connectivity index (χ4v) is 2.78. The lowest BCUT2D eigenvalue weighted by Gasteiger charge is -2.15. The van der Waals surface area contributed by atoms with Crippen LogP contribution in [-0.4, -0.2) is 34.5 Å². The highest BCUT2D eigenvalue weighted by atomic mass is 16.5. The number of ether oxygens (including phenoxy) is 1. The van der Waals surface area contributed by atoms with Crippen LogP contribution in [0.25, 0.3) is 17.0 Å². The molecule has 26 heavy (non-hydrogen) atoms. The quantitative estimate of drug-likeness (QED) is 0.718. The Balaban J connectivity index is 1.73. The Kier molecular flexibility index (Phi) is 4.93. The predicted molar refractivity (Wildman–Crippen MR) is 104 cm³/mol. The van der Waals surface area contributed by atoms with E-state index in [1.54, 1.807) is 43.5 Å². The van der Waals surface area contributed by atoms with Gasteiger partial charge in [-0.25, -0.2) is 4.98 Å². The molecule has 3 rings (SSSR count). The van der Waals surface area contributed by atoms with Crippen LogP contribution in [0.2, 0.25) is 0 Å². The van der Waals surface area contributed by atoms with Crippen molar-refractivity contribution in [2.45, 2.75) is 6.54 Å². The van der Waals surface area contributed by atoms with Crippen molar-refractivity contribution < 1.29 is 9.53 Å². The number of methoxy groups -OCH3 is 1. The molecule has 2 heterocycles. The van der Waals surface area contributed by atoms with Crippen molar-refractivity contribution in [3.8, 4) is 5.75 Å². The second-order valence-corrected chi connectivity index (χ2v) is 6.16. The lowest BCUT2D eigenvalue weighted by atomic mass is 10.2. The van der Waals surface area contributed by atoms with Crippen LogP contribution in [0, 0.1) is 0 Å². The van der Waals surface area contributed by atoms with Gasteiger partial charge in [-0.15, -0.1) is 0 Å². The number of fused-ring (bicyclic) bond motifs is 1. The van der Waals surface area contributed by atoms with Gasteiger partial charge in [0.25, 0.3) is 0 Å². The largest absolute Gasteiger partial charge is 0.497 e. The summed E-state index contributed by atoms with van der Waals surface area (Å²) in [6.07, 6.45) is 4.91. The van der Waals surface area contributed by atoms with Crippen LogP contribution in [0.5, 0.6) is 5.75 Å². The number of aryl methyl sites for hydroxylation is 1. The van der Waals surface area contributed by atoms with Crippen LogP contribution in [0.15, 0.2) is 48.7 Å². The van der Waals surface area contributed by atoms with Gasteiger partial charge in [-0.3, -0.25) is 4.79 Å². The lowest BCUT2D eigenvalue weighted by molar-refractivity contribution is -0.125. The standard InChI is InChI=1S/C20H22N4O2/c1-23(20(25)9-5-14-4-8-19(21)22-12-14)13-16-10-15-6-7-17(26-3)11-18(15)24(16)2/h4-12H,13H2,1-3H3,(H2,21,22). The van der Waals surface area contributed by atoms with Gasteiger partial charge >= 0.3 is 0 Å². The number of hydrogen-bond donors (Lipinski definition) is 1. The Morgan fingerprint density at radius 2 is 2.12 bits per heavy atom. The molecule has 0 fully saturated rings. The molecule has 0 aliphatic heterocycles. The van der Waals surface area contributed by atoms with Crippen LogP contribution in [0.3, 0.4) is 0 Å². The average molecular weight is 350 g/mol. The molecule has 2 aromatic heterocycles. The fraction of sp³-hybridized carbons (Fsp3) is 0.200. The molecule has 0 spiro atoms. The Morgan fingerprint density at radius 1 is 1.31 bits per heavy atom. The van der Waals surface area contributed by atoms with E-state index in [2.05, 4.69) is 15.6 Å². The Bertz CT molecular complexity index is 958. The maximum atomic E-state index is 12.4. The van der Waals surface area contributed by atoms with E-state index >= 15 is 0 Å². The summed E-state index contributed by atoms with van der Waals surface area (Å²) >= 11 is 0. The number of benzene rings is 1. The van der Waals surface area contributed by atoms with E-state index in [1.807, 2.05) is 31.3 Å². The number of nitrogens with two attached hydrogens (primary N) is 1. The first-order chi connectivity index (χ1) is 12.5. The average Bonchev–Trinajstić information content (AvgIpc) is 2.96. The van der Waals surface area contributed by atoms with Gasteiger partial charge in [0.15, 0.2) is 0 Å². The summed E-state index contributed by atoms with van der Waals surface area (Å²) in [5.41, 5.74) is 8.51. The Hall–Kier alpha value is -3.28. The third-order valence-electron chi connectivity index (χ3n) is 4.35. The minimum atomic E-state index is -0.0790. The van der Waals surface area contributed by atoms with Crippen LogP contribution >= 0.6 is 0 Å². The van der Waals surface area contributed by atoms with E-state index in [0.717, 1.165) is 27.9 Å². The molecule has 6 heteroatoms. The lowest BCUT2D eigenvalue weighted by Crippen LogP contribution is -2.25. The van der Waals surface area contributed by atoms with Crippen molar-refractivity contribution in [1.29, 1.82) is 0 Å². The van der Waals surface area contributed by atoms with Crippen molar-refractivity contribution in [2.24, 2.45) is 7.05 Å². The zero-order valence-corrected chi connectivity index (χ0v) is 15.1. The third-order valence-corrected chi connectivity index (χ3v) is 4.35. The molecule has 0 bridgehead atoms. The van der Waals surface area contributed by atoms with Crippen LogP contribution < -0.4 is 10.5 Å². The normalized spacial score (nSPS) is 11.2. The maximum Gasteiger partial charge on any atom is 0.246 e. The van der Waals surface area contributed by atoms with Crippen molar-refractivity contribution in [3.05, 3.63) is 59.9 Å². The predicted octanol–water partition coefficient (Wildman–Crippen LogP) is 2.84. The molecule has 6 nitrogen and oxygen atoms in total. The SMILES string of the molecule is COc1ccc2cc(CN(C)C(=O)C=Cc3ccc(N)nc3)n(C)c2c1. The van der Waals surface area contributed by atoms with Crippen LogP contribution in [0.1, 0.15) is 11.3 Å². The summed E-state index contributed by atoms with van der Waals surface area (Å²) in [6.45, 7) is 0.511. The smallest absolute Gasteiger partial charge is 0.246 e. The number of pyridine rings is 1. The molecular weight excluding hydrogens is 328 g/mol. The summed E-state index contributed by atoms with van der Waals surface area (Å²) in [7, 11) is 5.43. The molecule has 2 N–H and O–H groups in total. The van der Waals surface area contributed by atoms with Gasteiger partial charge in [0, 0.05) is 43.5 Å². The monoisotopic (exact) mass is 350 g/mol. The third kappa shape index (κ3) is 3.69. The summed E-state index contributed by atoms with van der Waals surface area (Å²) in [6, 6.07) is 11.6. The van der Waals surface area contributed by atoms with E-state index in [1.165, 1.54) is 0 Å². The topological polar surface area (TPSA) is 73.4 Å². The molecule has 3 aromatic rings. The summed E-state index contributed by atoms with van der Waals surface area (Å²) in [5.74, 6) is 1.19. The van der Waals surface area contributed by atoms with E-state index in [9.17, 15) is 4.79 Å². The zero-order valence-electron chi connectivity index (χ0n) is 15.1. The number of hydrogen-bond acceptors (Lipinski definition) is 4. The minimum absolute atomic E-state index is 0.0790. The number of nitrogen functional groups attached to an aromatic ring is 1. The molecule has 134 valence electrons. The number of carbonyl (C=O) groups excluding carboxylic acids is 1. The van der Waals surface area contributed by atoms with Gasteiger partial charge < -0.3 is 19.9 Å². The maximum absolute atomic E-state index is 12.4. The first-order valence-corrected chi connectivity index (χ1v) is 8.25. The minimum Gasteiger partial charge on any atom is -0.497 e. The number of rotatable bonds is 5. The highest BCUT2D eigenvalue weighted by molar-refractivity contribution is 5.91. The second kappa shape index (κ2) is 7.31. The number of likely N-dealkylation sites (N-methyl/N-ethyl adjacent to an activating group) is 1. The molecule has 0 unspecified atom stereocenters. The van der Waals surface area contributed by atoms with E-state index < -0.39 is 0 Å². The van der Waals surface area contributed by atoms with E-state index in [4.69, 9.17) is 10.5 Å². The van der Waals surface area contributed by atoms with Gasteiger partial charge in [-0.1, -0.05) is 0 Å². The summed E-state index contributed by atoms with van der Waals surface area (Å²) in [4.78, 5) is 18.1. The van der Waals surface area contributed by atoms with Crippen molar-refractivity contribution in [3.63, 3.8) is 0 Å². The zero-order chi connectivity index (χ0) is 18.7. The van der Waals surface area contributed by atoms with Gasteiger partial charge in [-0.2, -0.15) is 0 Å². The molecule has 1 aromatic carbocycles. The molecule has 0 saturated heterocycles. The van der Waals surface area contributed by atoms with Crippen molar-refractivity contribution in [2.75, 3.05) is 19.9 Å². The first-order valence-electron chi connectivity index (χ1n) is 8.25. The van der Waals surface area contributed by atoms with E-state index in [0.29, 0.717) is 12.4 Å². The number of nitrogens with zero attached hydrogens (tertiary/aromatic N) is 3. The Labute approximate surface area is 152 Å². The van der Waals surface area contributed by atoms with Crippen LogP contribution in [0.4, 0.5) is 5.82 Å². The van der Waals surface area contributed by atoms with Crippen molar-refractivity contribution in [1.82, 2.24) is 14.5 Å². The van der Waals surface area contributed by atoms with Crippen LogP contribution in [-0.2, 0) is 18.4 Å². The molecule has 0 radical (unpaired) electrons.